The summed E-state index contributed by atoms with van der Waals surface area (Å²) in [6.07, 6.45) is 8.28. The highest BCUT2D eigenvalue weighted by Gasteiger charge is 2.28. The van der Waals surface area contributed by atoms with Gasteiger partial charge in [-0.05, 0) is 25.2 Å². The van der Waals surface area contributed by atoms with Gasteiger partial charge in [0.2, 0.25) is 0 Å². The molecule has 1 saturated carbocycles. The van der Waals surface area contributed by atoms with Crippen LogP contribution in [0.4, 0.5) is 4.39 Å². The Morgan fingerprint density at radius 2 is 1.87 bits per heavy atom. The molecule has 0 bridgehead atoms. The summed E-state index contributed by atoms with van der Waals surface area (Å²) in [6, 6.07) is 0. The van der Waals surface area contributed by atoms with E-state index in [0.29, 0.717) is 18.8 Å². The Kier molecular flexibility index (Phi) is 6.23. The normalized spacial score (nSPS) is 31.8. The Morgan fingerprint density at radius 1 is 1.13 bits per heavy atom. The summed E-state index contributed by atoms with van der Waals surface area (Å²) in [7, 11) is 0. The lowest BCUT2D eigenvalue weighted by Gasteiger charge is -2.28. The molecule has 15 heavy (non-hydrogen) atoms. The molecule has 0 aliphatic heterocycles. The summed E-state index contributed by atoms with van der Waals surface area (Å²) in [6.45, 7) is 2.22. The zero-order valence-electron chi connectivity index (χ0n) is 9.92. The maximum atomic E-state index is 13.2. The lowest BCUT2D eigenvalue weighted by atomic mass is 9.83. The van der Waals surface area contributed by atoms with E-state index in [9.17, 15) is 9.50 Å². The van der Waals surface area contributed by atoms with E-state index in [1.165, 1.54) is 32.1 Å². The standard InChI is InChI=1S/C13H25FO/c1-2-3-4-5-6-7-11-8-9-13(15)12(14)10-11/h11-13,15H,2-10H2,1H3. The molecule has 3 atom stereocenters. The second-order valence-corrected chi connectivity index (χ2v) is 4.97. The monoisotopic (exact) mass is 216 g/mol. The van der Waals surface area contributed by atoms with E-state index in [1.807, 2.05) is 0 Å². The van der Waals surface area contributed by atoms with Crippen molar-refractivity contribution >= 4 is 0 Å². The Balaban J connectivity index is 2.02. The van der Waals surface area contributed by atoms with Crippen LogP contribution in [0.3, 0.4) is 0 Å². The predicted octanol–water partition coefficient (Wildman–Crippen LogP) is 3.85. The fourth-order valence-corrected chi connectivity index (χ4v) is 2.48. The van der Waals surface area contributed by atoms with Crippen LogP contribution in [0.5, 0.6) is 0 Å². The minimum Gasteiger partial charge on any atom is -0.390 e. The van der Waals surface area contributed by atoms with E-state index >= 15 is 0 Å². The van der Waals surface area contributed by atoms with E-state index in [1.54, 1.807) is 0 Å². The first-order valence-corrected chi connectivity index (χ1v) is 6.56. The summed E-state index contributed by atoms with van der Waals surface area (Å²) in [5.41, 5.74) is 0. The van der Waals surface area contributed by atoms with E-state index in [2.05, 4.69) is 6.92 Å². The van der Waals surface area contributed by atoms with Crippen LogP contribution < -0.4 is 0 Å². The van der Waals surface area contributed by atoms with Gasteiger partial charge >= 0.3 is 0 Å². The highest BCUT2D eigenvalue weighted by atomic mass is 19.1. The van der Waals surface area contributed by atoms with Crippen molar-refractivity contribution in [2.24, 2.45) is 5.92 Å². The first kappa shape index (κ1) is 13.0. The number of hydrogen-bond acceptors (Lipinski definition) is 1. The third-order valence-corrected chi connectivity index (χ3v) is 3.56. The fraction of sp³-hybridized carbons (Fsp3) is 1.00. The average molecular weight is 216 g/mol. The van der Waals surface area contributed by atoms with Gasteiger partial charge in [-0.25, -0.2) is 4.39 Å². The molecule has 0 spiro atoms. The van der Waals surface area contributed by atoms with Crippen LogP contribution in [0.2, 0.25) is 0 Å². The molecule has 0 amide bonds. The van der Waals surface area contributed by atoms with Crippen LogP contribution in [-0.4, -0.2) is 17.4 Å². The van der Waals surface area contributed by atoms with Crippen LogP contribution in [0.25, 0.3) is 0 Å². The topological polar surface area (TPSA) is 20.2 Å². The molecule has 0 aromatic carbocycles. The van der Waals surface area contributed by atoms with E-state index < -0.39 is 12.3 Å². The van der Waals surface area contributed by atoms with Gasteiger partial charge in [-0.2, -0.15) is 0 Å². The van der Waals surface area contributed by atoms with Gasteiger partial charge < -0.3 is 5.11 Å². The largest absolute Gasteiger partial charge is 0.390 e. The highest BCUT2D eigenvalue weighted by Crippen LogP contribution is 2.30. The zero-order chi connectivity index (χ0) is 11.1. The molecule has 1 rings (SSSR count). The zero-order valence-corrected chi connectivity index (χ0v) is 9.92. The first-order chi connectivity index (χ1) is 7.24. The quantitative estimate of drug-likeness (QED) is 0.669. The van der Waals surface area contributed by atoms with Crippen molar-refractivity contribution in [2.75, 3.05) is 0 Å². The second-order valence-electron chi connectivity index (χ2n) is 4.97. The van der Waals surface area contributed by atoms with Gasteiger partial charge in [-0.1, -0.05) is 45.4 Å². The van der Waals surface area contributed by atoms with Crippen LogP contribution in [0.1, 0.15) is 64.7 Å². The molecule has 3 unspecified atom stereocenters. The van der Waals surface area contributed by atoms with Gasteiger partial charge in [-0.3, -0.25) is 0 Å². The van der Waals surface area contributed by atoms with Crippen molar-refractivity contribution < 1.29 is 9.50 Å². The molecule has 0 aromatic rings. The minimum atomic E-state index is -0.959. The number of aliphatic hydroxyl groups is 1. The molecule has 1 fully saturated rings. The van der Waals surface area contributed by atoms with E-state index in [0.717, 1.165) is 12.8 Å². The average Bonchev–Trinajstić information content (AvgIpc) is 2.23. The highest BCUT2D eigenvalue weighted by molar-refractivity contribution is 4.79. The van der Waals surface area contributed by atoms with Crippen molar-refractivity contribution in [3.8, 4) is 0 Å². The number of rotatable bonds is 6. The molecule has 0 heterocycles. The number of hydrogen-bond donors (Lipinski definition) is 1. The number of aliphatic hydroxyl groups excluding tert-OH is 1. The van der Waals surface area contributed by atoms with Crippen LogP contribution in [0, 0.1) is 5.92 Å². The molecule has 1 aliphatic carbocycles. The third-order valence-electron chi connectivity index (χ3n) is 3.56. The molecule has 0 saturated heterocycles. The van der Waals surface area contributed by atoms with Gasteiger partial charge in [0.15, 0.2) is 0 Å². The molecule has 2 heteroatoms. The molecule has 0 aromatic heterocycles. The van der Waals surface area contributed by atoms with Crippen molar-refractivity contribution in [1.29, 1.82) is 0 Å². The Morgan fingerprint density at radius 3 is 2.53 bits per heavy atom. The summed E-state index contributed by atoms with van der Waals surface area (Å²) >= 11 is 0. The lowest BCUT2D eigenvalue weighted by molar-refractivity contribution is 0.0225. The van der Waals surface area contributed by atoms with Crippen LogP contribution >= 0.6 is 0 Å². The summed E-state index contributed by atoms with van der Waals surface area (Å²) in [4.78, 5) is 0. The molecule has 1 nitrogen and oxygen atoms in total. The van der Waals surface area contributed by atoms with Crippen molar-refractivity contribution in [1.82, 2.24) is 0 Å². The smallest absolute Gasteiger partial charge is 0.126 e. The minimum absolute atomic E-state index is 0.532. The van der Waals surface area contributed by atoms with Crippen LogP contribution in [0.15, 0.2) is 0 Å². The Labute approximate surface area is 93.1 Å². The Bertz CT molecular complexity index is 161. The second kappa shape index (κ2) is 7.21. The number of unbranched alkanes of at least 4 members (excludes halogenated alkanes) is 4. The fourth-order valence-electron chi connectivity index (χ4n) is 2.48. The molecule has 1 aliphatic rings. The van der Waals surface area contributed by atoms with Crippen molar-refractivity contribution in [3.63, 3.8) is 0 Å². The Hall–Kier alpha value is -0.110. The summed E-state index contributed by atoms with van der Waals surface area (Å²) < 4.78 is 13.2. The molecule has 90 valence electrons. The maximum absolute atomic E-state index is 13.2. The first-order valence-electron chi connectivity index (χ1n) is 6.56. The molecular weight excluding hydrogens is 191 g/mol. The molecule has 0 radical (unpaired) electrons. The van der Waals surface area contributed by atoms with Crippen molar-refractivity contribution in [2.45, 2.75) is 77.0 Å². The van der Waals surface area contributed by atoms with Gasteiger partial charge in [0.1, 0.15) is 6.17 Å². The van der Waals surface area contributed by atoms with Gasteiger partial charge in [0, 0.05) is 0 Å². The van der Waals surface area contributed by atoms with Gasteiger partial charge in [0.05, 0.1) is 6.10 Å². The van der Waals surface area contributed by atoms with Crippen LogP contribution in [-0.2, 0) is 0 Å². The third kappa shape index (κ3) is 4.96. The predicted molar refractivity (Wildman–Crippen MR) is 61.6 cm³/mol. The SMILES string of the molecule is CCCCCCCC1CCC(O)C(F)C1. The molecule has 1 N–H and O–H groups in total. The number of alkyl halides is 1. The van der Waals surface area contributed by atoms with Gasteiger partial charge in [0.25, 0.3) is 0 Å². The van der Waals surface area contributed by atoms with Crippen molar-refractivity contribution in [3.05, 3.63) is 0 Å². The van der Waals surface area contributed by atoms with Gasteiger partial charge in [-0.15, -0.1) is 0 Å². The molecular formula is C13H25FO. The van der Waals surface area contributed by atoms with E-state index in [4.69, 9.17) is 0 Å². The lowest BCUT2D eigenvalue weighted by Crippen LogP contribution is -2.30. The maximum Gasteiger partial charge on any atom is 0.126 e. The summed E-state index contributed by atoms with van der Waals surface area (Å²) in [5.74, 6) is 0.532. The number of halogens is 1. The van der Waals surface area contributed by atoms with E-state index in [-0.39, 0.29) is 0 Å². The summed E-state index contributed by atoms with van der Waals surface area (Å²) in [5, 5.41) is 9.26.